The van der Waals surface area contributed by atoms with E-state index in [1.807, 2.05) is 0 Å². The Bertz CT molecular complexity index is 797. The number of carboxylic acids is 1. The molecule has 1 amide bonds. The van der Waals surface area contributed by atoms with Crippen LogP contribution in [0.15, 0.2) is 36.4 Å². The van der Waals surface area contributed by atoms with E-state index < -0.39 is 17.7 Å². The van der Waals surface area contributed by atoms with Crippen LogP contribution < -0.4 is 14.8 Å². The molecule has 0 radical (unpaired) electrons. The summed E-state index contributed by atoms with van der Waals surface area (Å²) in [5.41, 5.74) is -0.137. The zero-order valence-electron chi connectivity index (χ0n) is 13.2. The molecule has 0 heterocycles. The number of nitrogens with one attached hydrogen (secondary N) is 1. The Labute approximate surface area is 151 Å². The summed E-state index contributed by atoms with van der Waals surface area (Å²) in [6, 6.07) is 7.68. The van der Waals surface area contributed by atoms with Crippen LogP contribution in [0.25, 0.3) is 0 Å². The van der Waals surface area contributed by atoms with Gasteiger partial charge in [-0.2, -0.15) is 0 Å². The van der Waals surface area contributed by atoms with E-state index in [9.17, 15) is 14.0 Å². The number of rotatable bonds is 7. The van der Waals surface area contributed by atoms with Gasteiger partial charge in [0.15, 0.2) is 11.5 Å². The Morgan fingerprint density at radius 3 is 2.52 bits per heavy atom. The van der Waals surface area contributed by atoms with Crippen LogP contribution in [0.1, 0.15) is 20.7 Å². The number of benzene rings is 2. The molecule has 0 saturated heterocycles. The zero-order chi connectivity index (χ0) is 18.4. The molecule has 0 saturated carbocycles. The predicted molar refractivity (Wildman–Crippen MR) is 93.6 cm³/mol. The average Bonchev–Trinajstić information content (AvgIpc) is 2.61. The number of halogens is 2. The number of alkyl halides is 1. The van der Waals surface area contributed by atoms with Gasteiger partial charge < -0.3 is 19.9 Å². The summed E-state index contributed by atoms with van der Waals surface area (Å²) in [7, 11) is 1.48. The maximum atomic E-state index is 13.8. The minimum absolute atomic E-state index is 0.132. The molecule has 2 aromatic carbocycles. The second-order valence-electron chi connectivity index (χ2n) is 4.86. The molecule has 25 heavy (non-hydrogen) atoms. The van der Waals surface area contributed by atoms with Crippen molar-refractivity contribution in [2.45, 2.75) is 0 Å². The lowest BCUT2D eigenvalue weighted by atomic mass is 10.1. The van der Waals surface area contributed by atoms with Gasteiger partial charge >= 0.3 is 5.97 Å². The van der Waals surface area contributed by atoms with Gasteiger partial charge in [0, 0.05) is 10.9 Å². The molecular weight excluding hydrogens is 397 g/mol. The first-order chi connectivity index (χ1) is 12.0. The van der Waals surface area contributed by atoms with Crippen LogP contribution in [0, 0.1) is 5.82 Å². The van der Waals surface area contributed by atoms with Crippen LogP contribution >= 0.6 is 15.9 Å². The number of aromatic carboxylic acids is 1. The highest BCUT2D eigenvalue weighted by molar-refractivity contribution is 9.09. The standard InChI is InChI=1S/C17H15BrFNO5/c1-24-14-5-3-10(9-15(14)25-7-6-18)16(21)20-13-8-11(17(22)23)2-4-12(13)19/h2-5,8-9H,6-7H2,1H3,(H,20,21)(H,22,23). The van der Waals surface area contributed by atoms with Gasteiger partial charge in [-0.1, -0.05) is 15.9 Å². The van der Waals surface area contributed by atoms with Gasteiger partial charge in [0.25, 0.3) is 5.91 Å². The van der Waals surface area contributed by atoms with Crippen molar-refractivity contribution in [1.82, 2.24) is 0 Å². The number of hydrogen-bond acceptors (Lipinski definition) is 4. The molecule has 0 aromatic heterocycles. The average molecular weight is 412 g/mol. The molecule has 132 valence electrons. The molecule has 0 aliphatic heterocycles. The molecule has 0 spiro atoms. The topological polar surface area (TPSA) is 84.9 Å². The van der Waals surface area contributed by atoms with Gasteiger partial charge in [0.2, 0.25) is 0 Å². The summed E-state index contributed by atoms with van der Waals surface area (Å²) in [6.45, 7) is 0.372. The quantitative estimate of drug-likeness (QED) is 0.680. The Morgan fingerprint density at radius 2 is 1.88 bits per heavy atom. The summed E-state index contributed by atoms with van der Waals surface area (Å²) in [5, 5.41) is 11.9. The van der Waals surface area contributed by atoms with E-state index in [0.29, 0.717) is 23.4 Å². The molecule has 0 bridgehead atoms. The second kappa shape index (κ2) is 8.48. The predicted octanol–water partition coefficient (Wildman–Crippen LogP) is 3.56. The van der Waals surface area contributed by atoms with Crippen LogP contribution in [0.5, 0.6) is 11.5 Å². The van der Waals surface area contributed by atoms with Crippen molar-refractivity contribution in [2.75, 3.05) is 24.4 Å². The number of hydrogen-bond donors (Lipinski definition) is 2. The third-order valence-electron chi connectivity index (χ3n) is 3.22. The van der Waals surface area contributed by atoms with Gasteiger partial charge in [0.1, 0.15) is 5.82 Å². The fraction of sp³-hybridized carbons (Fsp3) is 0.176. The van der Waals surface area contributed by atoms with E-state index >= 15 is 0 Å². The van der Waals surface area contributed by atoms with Crippen LogP contribution in [0.2, 0.25) is 0 Å². The SMILES string of the molecule is COc1ccc(C(=O)Nc2cc(C(=O)O)ccc2F)cc1OCCBr. The molecule has 8 heteroatoms. The highest BCUT2D eigenvalue weighted by Gasteiger charge is 2.15. The molecule has 0 fully saturated rings. The summed E-state index contributed by atoms with van der Waals surface area (Å²) < 4.78 is 24.5. The van der Waals surface area contributed by atoms with Crippen molar-refractivity contribution in [2.24, 2.45) is 0 Å². The molecule has 0 aliphatic rings. The Hall–Kier alpha value is -2.61. The summed E-state index contributed by atoms with van der Waals surface area (Å²) in [4.78, 5) is 23.3. The maximum absolute atomic E-state index is 13.8. The second-order valence-corrected chi connectivity index (χ2v) is 5.65. The minimum Gasteiger partial charge on any atom is -0.493 e. The molecular formula is C17H15BrFNO5. The first-order valence-corrected chi connectivity index (χ1v) is 8.29. The fourth-order valence-electron chi connectivity index (χ4n) is 2.03. The van der Waals surface area contributed by atoms with Crippen molar-refractivity contribution in [3.8, 4) is 11.5 Å². The van der Waals surface area contributed by atoms with E-state index in [2.05, 4.69) is 21.2 Å². The van der Waals surface area contributed by atoms with Crippen molar-refractivity contribution in [3.05, 3.63) is 53.3 Å². The molecule has 2 rings (SSSR count). The number of anilines is 1. The molecule has 0 atom stereocenters. The van der Waals surface area contributed by atoms with E-state index in [1.54, 1.807) is 6.07 Å². The number of carbonyl (C=O) groups excluding carboxylic acids is 1. The number of methoxy groups -OCH3 is 1. The molecule has 2 aromatic rings. The smallest absolute Gasteiger partial charge is 0.335 e. The lowest BCUT2D eigenvalue weighted by Gasteiger charge is -2.12. The van der Waals surface area contributed by atoms with Gasteiger partial charge in [-0.15, -0.1) is 0 Å². The Morgan fingerprint density at radius 1 is 1.16 bits per heavy atom. The normalized spacial score (nSPS) is 10.2. The molecule has 6 nitrogen and oxygen atoms in total. The van der Waals surface area contributed by atoms with Crippen LogP contribution in [0.4, 0.5) is 10.1 Å². The van der Waals surface area contributed by atoms with Crippen molar-refractivity contribution >= 4 is 33.5 Å². The summed E-state index contributed by atoms with van der Waals surface area (Å²) in [6.07, 6.45) is 0. The largest absolute Gasteiger partial charge is 0.493 e. The number of amides is 1. The minimum atomic E-state index is -1.22. The first kappa shape index (κ1) is 18.7. The van der Waals surface area contributed by atoms with Gasteiger partial charge in [0.05, 0.1) is 25.0 Å². The van der Waals surface area contributed by atoms with Crippen molar-refractivity contribution < 1.29 is 28.6 Å². The Kier molecular flexibility index (Phi) is 6.35. The van der Waals surface area contributed by atoms with Gasteiger partial charge in [-0.3, -0.25) is 4.79 Å². The molecule has 0 unspecified atom stereocenters. The van der Waals surface area contributed by atoms with E-state index in [4.69, 9.17) is 14.6 Å². The lowest BCUT2D eigenvalue weighted by Crippen LogP contribution is -2.14. The first-order valence-electron chi connectivity index (χ1n) is 7.17. The zero-order valence-corrected chi connectivity index (χ0v) is 14.8. The number of ether oxygens (including phenoxy) is 2. The van der Waals surface area contributed by atoms with E-state index in [-0.39, 0.29) is 16.8 Å². The summed E-state index contributed by atoms with van der Waals surface area (Å²) in [5.74, 6) is -1.73. The van der Waals surface area contributed by atoms with Gasteiger partial charge in [-0.05, 0) is 36.4 Å². The maximum Gasteiger partial charge on any atom is 0.335 e. The van der Waals surface area contributed by atoms with Crippen LogP contribution in [-0.4, -0.2) is 36.0 Å². The van der Waals surface area contributed by atoms with Crippen LogP contribution in [0.3, 0.4) is 0 Å². The van der Waals surface area contributed by atoms with Crippen molar-refractivity contribution in [3.63, 3.8) is 0 Å². The fourth-order valence-corrected chi connectivity index (χ4v) is 2.19. The summed E-state index contributed by atoms with van der Waals surface area (Å²) >= 11 is 3.24. The monoisotopic (exact) mass is 411 g/mol. The van der Waals surface area contributed by atoms with E-state index in [1.165, 1.54) is 19.2 Å². The highest BCUT2D eigenvalue weighted by Crippen LogP contribution is 2.28. The van der Waals surface area contributed by atoms with Crippen LogP contribution in [-0.2, 0) is 0 Å². The number of carboxylic acid groups (broad SMARTS) is 1. The lowest BCUT2D eigenvalue weighted by molar-refractivity contribution is 0.0696. The highest BCUT2D eigenvalue weighted by atomic mass is 79.9. The third kappa shape index (κ3) is 4.69. The molecule has 0 aliphatic carbocycles. The van der Waals surface area contributed by atoms with E-state index in [0.717, 1.165) is 18.2 Å². The van der Waals surface area contributed by atoms with Gasteiger partial charge in [-0.25, -0.2) is 9.18 Å². The number of carbonyl (C=O) groups is 2. The Balaban J connectivity index is 2.26. The molecule has 2 N–H and O–H groups in total. The van der Waals surface area contributed by atoms with Crippen molar-refractivity contribution in [1.29, 1.82) is 0 Å². The third-order valence-corrected chi connectivity index (χ3v) is 3.55.